The first-order valence-electron chi connectivity index (χ1n) is 2.55. The predicted octanol–water partition coefficient (Wildman–Crippen LogP) is -1.92. The summed E-state index contributed by atoms with van der Waals surface area (Å²) in [7, 11) is 1.08. The Morgan fingerprint density at radius 2 is 2.00 bits per heavy atom. The monoisotopic (exact) mass is 174 g/mol. The number of ether oxygens (including phenoxy) is 1. The summed E-state index contributed by atoms with van der Waals surface area (Å²) in [5, 5.41) is 16.7. The van der Waals surface area contributed by atoms with Crippen LogP contribution in [0.3, 0.4) is 0 Å². The highest BCUT2D eigenvalue weighted by Gasteiger charge is 2.18. The van der Waals surface area contributed by atoms with Gasteiger partial charge in [0.15, 0.2) is 6.10 Å². The summed E-state index contributed by atoms with van der Waals surface area (Å²) in [6, 6.07) is 0. The lowest BCUT2D eigenvalue weighted by molar-refractivity contribution is -0.155. The molecule has 0 spiro atoms. The smallest absolute Gasteiger partial charge is 0.335 e. The van der Waals surface area contributed by atoms with Crippen LogP contribution >= 0.6 is 0 Å². The van der Waals surface area contributed by atoms with Crippen LogP contribution in [0.1, 0.15) is 6.42 Å². The van der Waals surface area contributed by atoms with E-state index >= 15 is 0 Å². The molecule has 0 bridgehead atoms. The molecule has 5 nitrogen and oxygen atoms in total. The van der Waals surface area contributed by atoms with Crippen LogP contribution in [0, 0.1) is 0 Å². The molecule has 1 atom stereocenters. The summed E-state index contributed by atoms with van der Waals surface area (Å²) in [5.41, 5.74) is 0. The second-order valence-electron chi connectivity index (χ2n) is 1.64. The van der Waals surface area contributed by atoms with Crippen LogP contribution in [0.25, 0.3) is 0 Å². The van der Waals surface area contributed by atoms with Crippen molar-refractivity contribution in [3.05, 3.63) is 0 Å². The number of methoxy groups -OCH3 is 1. The van der Waals surface area contributed by atoms with Gasteiger partial charge in [-0.2, -0.15) is 0 Å². The summed E-state index contributed by atoms with van der Waals surface area (Å²) in [6.45, 7) is 0. The molecule has 62 valence electrons. The van der Waals surface area contributed by atoms with Crippen LogP contribution in [0.5, 0.6) is 0 Å². The Bertz CT molecular complexity index is 146. The van der Waals surface area contributed by atoms with Crippen LogP contribution in [0.15, 0.2) is 0 Å². The van der Waals surface area contributed by atoms with Crippen molar-refractivity contribution in [2.75, 3.05) is 7.11 Å². The molecule has 0 aromatic rings. The molecule has 0 fully saturated rings. The summed E-state index contributed by atoms with van der Waals surface area (Å²) in [5.74, 6) is -2.17. The van der Waals surface area contributed by atoms with E-state index < -0.39 is 24.5 Å². The van der Waals surface area contributed by atoms with Gasteiger partial charge < -0.3 is 14.9 Å². The standard InChI is InChI=1S/C5H8O5.Mg.2H/c1-10-5(9)3(6)2-4(7)8;;;/h3,6H,2H2,1H3,(H,7,8);;;. The third-order valence-corrected chi connectivity index (χ3v) is 0.841. The average molecular weight is 174 g/mol. The van der Waals surface area contributed by atoms with Crippen molar-refractivity contribution in [2.45, 2.75) is 12.5 Å². The first kappa shape index (κ1) is 13.3. The Kier molecular flexibility index (Phi) is 7.70. The molecule has 0 amide bonds. The quantitative estimate of drug-likeness (QED) is 0.385. The lowest BCUT2D eigenvalue weighted by atomic mass is 10.3. The molecule has 0 saturated carbocycles. The van der Waals surface area contributed by atoms with Gasteiger partial charge in [-0.05, 0) is 0 Å². The fourth-order valence-electron chi connectivity index (χ4n) is 0.385. The zero-order chi connectivity index (χ0) is 8.15. The van der Waals surface area contributed by atoms with E-state index in [0.717, 1.165) is 7.11 Å². The molecule has 0 aliphatic rings. The highest BCUT2D eigenvalue weighted by Crippen LogP contribution is 1.92. The lowest BCUT2D eigenvalue weighted by Gasteiger charge is -2.03. The SMILES string of the molecule is COC(=O)C(O)CC(=O)O.[MgH2]. The molecule has 0 aliphatic heterocycles. The minimum absolute atomic E-state index is 0. The van der Waals surface area contributed by atoms with Gasteiger partial charge >= 0.3 is 35.0 Å². The molecule has 2 N–H and O–H groups in total. The van der Waals surface area contributed by atoms with Gasteiger partial charge in [0, 0.05) is 0 Å². The van der Waals surface area contributed by atoms with E-state index in [1.807, 2.05) is 0 Å². The molecule has 6 heteroatoms. The Hall–Kier alpha value is -0.334. The number of aliphatic hydroxyl groups excluding tert-OH is 1. The largest absolute Gasteiger partial charge is 0.481 e. The normalized spacial score (nSPS) is 11.1. The van der Waals surface area contributed by atoms with Crippen molar-refractivity contribution < 1.29 is 24.5 Å². The molecule has 0 aromatic carbocycles. The second kappa shape index (κ2) is 6.38. The first-order valence-corrected chi connectivity index (χ1v) is 2.55. The third kappa shape index (κ3) is 6.08. The number of rotatable bonds is 3. The lowest BCUT2D eigenvalue weighted by Crippen LogP contribution is -2.24. The second-order valence-corrected chi connectivity index (χ2v) is 1.64. The van der Waals surface area contributed by atoms with Crippen molar-refractivity contribution in [1.82, 2.24) is 0 Å². The molecule has 0 aromatic heterocycles. The number of hydrogen-bond acceptors (Lipinski definition) is 4. The van der Waals surface area contributed by atoms with E-state index in [4.69, 9.17) is 10.2 Å². The van der Waals surface area contributed by atoms with E-state index in [-0.39, 0.29) is 23.1 Å². The third-order valence-electron chi connectivity index (χ3n) is 0.841. The van der Waals surface area contributed by atoms with Crippen LogP contribution in [0.4, 0.5) is 0 Å². The summed E-state index contributed by atoms with van der Waals surface area (Å²) in [4.78, 5) is 20.2. The topological polar surface area (TPSA) is 83.8 Å². The van der Waals surface area contributed by atoms with Gasteiger partial charge in [-0.15, -0.1) is 0 Å². The summed E-state index contributed by atoms with van der Waals surface area (Å²) in [6.07, 6.45) is -2.17. The summed E-state index contributed by atoms with van der Waals surface area (Å²) >= 11 is 0. The number of carbonyl (C=O) groups is 2. The molecule has 0 heterocycles. The highest BCUT2D eigenvalue weighted by atomic mass is 24.3. The summed E-state index contributed by atoms with van der Waals surface area (Å²) < 4.78 is 4.06. The van der Waals surface area contributed by atoms with Crippen molar-refractivity contribution in [3.8, 4) is 0 Å². The van der Waals surface area contributed by atoms with Gasteiger partial charge in [0.1, 0.15) is 0 Å². The fourth-order valence-corrected chi connectivity index (χ4v) is 0.385. The molecule has 0 radical (unpaired) electrons. The van der Waals surface area contributed by atoms with Crippen molar-refractivity contribution >= 4 is 35.0 Å². The number of carboxylic acid groups (broad SMARTS) is 1. The van der Waals surface area contributed by atoms with Crippen molar-refractivity contribution in [3.63, 3.8) is 0 Å². The molecular weight excluding hydrogens is 164 g/mol. The van der Waals surface area contributed by atoms with E-state index in [2.05, 4.69) is 4.74 Å². The van der Waals surface area contributed by atoms with Crippen LogP contribution in [-0.4, -0.2) is 58.4 Å². The highest BCUT2D eigenvalue weighted by molar-refractivity contribution is 5.80. The molecule has 0 rings (SSSR count). The van der Waals surface area contributed by atoms with Gasteiger partial charge in [0.05, 0.1) is 13.5 Å². The van der Waals surface area contributed by atoms with Gasteiger partial charge in [0.25, 0.3) is 0 Å². The maximum Gasteiger partial charge on any atom is 0.335 e. The predicted molar refractivity (Wildman–Crippen MR) is 38.8 cm³/mol. The Morgan fingerprint density at radius 3 is 2.27 bits per heavy atom. The average Bonchev–Trinajstić information content (AvgIpc) is 1.85. The maximum absolute atomic E-state index is 10.3. The Labute approximate surface area is 79.5 Å². The number of hydrogen-bond donors (Lipinski definition) is 2. The molecule has 0 saturated heterocycles. The van der Waals surface area contributed by atoms with Crippen molar-refractivity contribution in [2.24, 2.45) is 0 Å². The maximum atomic E-state index is 10.3. The first-order chi connectivity index (χ1) is 4.57. The molecular formula is C5H10MgO5. The van der Waals surface area contributed by atoms with Gasteiger partial charge in [0.2, 0.25) is 0 Å². The minimum atomic E-state index is -1.55. The zero-order valence-corrected chi connectivity index (χ0v) is 5.40. The minimum Gasteiger partial charge on any atom is -0.481 e. The zero-order valence-electron chi connectivity index (χ0n) is 5.40. The van der Waals surface area contributed by atoms with Gasteiger partial charge in [-0.25, -0.2) is 4.79 Å². The molecule has 1 unspecified atom stereocenters. The van der Waals surface area contributed by atoms with Crippen molar-refractivity contribution in [1.29, 1.82) is 0 Å². The molecule has 0 aliphatic carbocycles. The van der Waals surface area contributed by atoms with E-state index in [9.17, 15) is 9.59 Å². The van der Waals surface area contributed by atoms with E-state index in [1.54, 1.807) is 0 Å². The van der Waals surface area contributed by atoms with Gasteiger partial charge in [-0.1, -0.05) is 0 Å². The fraction of sp³-hybridized carbons (Fsp3) is 0.600. The van der Waals surface area contributed by atoms with Crippen LogP contribution in [0.2, 0.25) is 0 Å². The van der Waals surface area contributed by atoms with E-state index in [1.165, 1.54) is 0 Å². The van der Waals surface area contributed by atoms with Crippen LogP contribution < -0.4 is 0 Å². The number of esters is 1. The van der Waals surface area contributed by atoms with E-state index in [0.29, 0.717) is 0 Å². The number of carbonyl (C=O) groups excluding carboxylic acids is 1. The van der Waals surface area contributed by atoms with Gasteiger partial charge in [-0.3, -0.25) is 4.79 Å². The number of aliphatic carboxylic acids is 1. The number of carboxylic acids is 1. The Morgan fingerprint density at radius 1 is 1.55 bits per heavy atom. The number of aliphatic hydroxyl groups is 1. The Balaban J connectivity index is 0. The van der Waals surface area contributed by atoms with Crippen LogP contribution in [-0.2, 0) is 14.3 Å². The molecule has 11 heavy (non-hydrogen) atoms.